The van der Waals surface area contributed by atoms with E-state index in [1.165, 1.54) is 18.2 Å². The molecule has 0 fully saturated rings. The third kappa shape index (κ3) is 5.08. The van der Waals surface area contributed by atoms with E-state index in [1.54, 1.807) is 0 Å². The summed E-state index contributed by atoms with van der Waals surface area (Å²) in [7, 11) is 0. The molecular weight excluding hydrogens is 273 g/mol. The van der Waals surface area contributed by atoms with Crippen LogP contribution < -0.4 is 10.6 Å². The Morgan fingerprint density at radius 1 is 1.35 bits per heavy atom. The fourth-order valence-corrected chi connectivity index (χ4v) is 1.65. The molecule has 0 saturated carbocycles. The van der Waals surface area contributed by atoms with Gasteiger partial charge in [0.15, 0.2) is 0 Å². The van der Waals surface area contributed by atoms with Crippen LogP contribution in [0.5, 0.6) is 0 Å². The fraction of sp³-hybridized carbons (Fsp3) is 0.462. The van der Waals surface area contributed by atoms with Crippen molar-refractivity contribution in [1.82, 2.24) is 5.32 Å². The standard InChI is InChI=1S/C13H17F3N2O2/c1-2-5-9(19)8-17-12(20)18-11-7-4-3-6-10(11)13(14,15)16/h3-4,6-7,9,19H,2,5,8H2,1H3,(H2,17,18,20). The van der Waals surface area contributed by atoms with E-state index < -0.39 is 23.9 Å². The molecule has 0 spiro atoms. The SMILES string of the molecule is CCCC(O)CNC(=O)Nc1ccccc1C(F)(F)F. The zero-order valence-electron chi connectivity index (χ0n) is 11.0. The van der Waals surface area contributed by atoms with Gasteiger partial charge in [0.2, 0.25) is 0 Å². The fourth-order valence-electron chi connectivity index (χ4n) is 1.65. The molecule has 1 atom stereocenters. The van der Waals surface area contributed by atoms with Crippen LogP contribution >= 0.6 is 0 Å². The summed E-state index contributed by atoms with van der Waals surface area (Å²) in [6.45, 7) is 1.87. The number of amides is 2. The van der Waals surface area contributed by atoms with Gasteiger partial charge in [-0.2, -0.15) is 13.2 Å². The highest BCUT2D eigenvalue weighted by atomic mass is 19.4. The van der Waals surface area contributed by atoms with Crippen molar-refractivity contribution < 1.29 is 23.1 Å². The van der Waals surface area contributed by atoms with Crippen LogP contribution in [-0.2, 0) is 6.18 Å². The first-order valence-corrected chi connectivity index (χ1v) is 6.23. The number of aliphatic hydroxyl groups excluding tert-OH is 1. The van der Waals surface area contributed by atoms with Crippen LogP contribution in [0.4, 0.5) is 23.7 Å². The highest BCUT2D eigenvalue weighted by Gasteiger charge is 2.33. The summed E-state index contributed by atoms with van der Waals surface area (Å²) in [6.07, 6.45) is -3.98. The monoisotopic (exact) mass is 290 g/mol. The molecular formula is C13H17F3N2O2. The maximum Gasteiger partial charge on any atom is 0.418 e. The van der Waals surface area contributed by atoms with Crippen LogP contribution in [0.25, 0.3) is 0 Å². The molecule has 0 radical (unpaired) electrons. The van der Waals surface area contributed by atoms with Crippen molar-refractivity contribution in [3.8, 4) is 0 Å². The van der Waals surface area contributed by atoms with Gasteiger partial charge in [-0.15, -0.1) is 0 Å². The lowest BCUT2D eigenvalue weighted by Gasteiger charge is -2.15. The number of nitrogens with one attached hydrogen (secondary N) is 2. The van der Waals surface area contributed by atoms with Crippen molar-refractivity contribution in [2.75, 3.05) is 11.9 Å². The molecule has 0 heterocycles. The van der Waals surface area contributed by atoms with Gasteiger partial charge in [-0.05, 0) is 18.6 Å². The summed E-state index contributed by atoms with van der Waals surface area (Å²) >= 11 is 0. The highest BCUT2D eigenvalue weighted by Crippen LogP contribution is 2.34. The molecule has 4 nitrogen and oxygen atoms in total. The Bertz CT molecular complexity index is 449. The summed E-state index contributed by atoms with van der Waals surface area (Å²) in [4.78, 5) is 11.5. The molecule has 0 aliphatic heterocycles. The minimum atomic E-state index is -4.54. The highest BCUT2D eigenvalue weighted by molar-refractivity contribution is 5.90. The molecule has 0 bridgehead atoms. The van der Waals surface area contributed by atoms with Crippen molar-refractivity contribution in [2.45, 2.75) is 32.0 Å². The number of hydrogen-bond acceptors (Lipinski definition) is 2. The summed E-state index contributed by atoms with van der Waals surface area (Å²) in [5, 5.41) is 13.9. The number of alkyl halides is 3. The number of urea groups is 1. The van der Waals surface area contributed by atoms with E-state index in [4.69, 9.17) is 0 Å². The number of carbonyl (C=O) groups excluding carboxylic acids is 1. The summed E-state index contributed by atoms with van der Waals surface area (Å²) in [5.74, 6) is 0. The Kier molecular flexibility index (Phi) is 5.82. The van der Waals surface area contributed by atoms with E-state index in [0.29, 0.717) is 6.42 Å². The summed E-state index contributed by atoms with van der Waals surface area (Å²) in [6, 6.07) is 3.93. The number of hydrogen-bond donors (Lipinski definition) is 3. The first-order valence-electron chi connectivity index (χ1n) is 6.23. The minimum Gasteiger partial charge on any atom is -0.391 e. The second kappa shape index (κ2) is 7.14. The Labute approximate surface area is 115 Å². The number of rotatable bonds is 5. The Balaban J connectivity index is 2.63. The van der Waals surface area contributed by atoms with Crippen LogP contribution in [0.15, 0.2) is 24.3 Å². The van der Waals surface area contributed by atoms with Crippen molar-refractivity contribution >= 4 is 11.7 Å². The third-order valence-electron chi connectivity index (χ3n) is 2.60. The van der Waals surface area contributed by atoms with Crippen LogP contribution in [0.2, 0.25) is 0 Å². The molecule has 2 amide bonds. The van der Waals surface area contributed by atoms with Crippen LogP contribution in [-0.4, -0.2) is 23.8 Å². The topological polar surface area (TPSA) is 61.4 Å². The van der Waals surface area contributed by atoms with Crippen molar-refractivity contribution in [1.29, 1.82) is 0 Å². The number of halogens is 3. The van der Waals surface area contributed by atoms with Crippen LogP contribution in [0.1, 0.15) is 25.3 Å². The number of aliphatic hydroxyl groups is 1. The first-order chi connectivity index (χ1) is 9.34. The molecule has 112 valence electrons. The van der Waals surface area contributed by atoms with Gasteiger partial charge in [0.05, 0.1) is 17.4 Å². The number of carbonyl (C=O) groups is 1. The molecule has 3 N–H and O–H groups in total. The largest absolute Gasteiger partial charge is 0.418 e. The lowest BCUT2D eigenvalue weighted by Crippen LogP contribution is -2.35. The van der Waals surface area contributed by atoms with Gasteiger partial charge in [0, 0.05) is 6.54 Å². The zero-order valence-corrected chi connectivity index (χ0v) is 11.0. The third-order valence-corrected chi connectivity index (χ3v) is 2.60. The smallest absolute Gasteiger partial charge is 0.391 e. The molecule has 20 heavy (non-hydrogen) atoms. The molecule has 0 aliphatic rings. The first kappa shape index (κ1) is 16.3. The number of para-hydroxylation sites is 1. The molecule has 0 saturated heterocycles. The van der Waals surface area contributed by atoms with Gasteiger partial charge in [-0.1, -0.05) is 25.5 Å². The van der Waals surface area contributed by atoms with Crippen LogP contribution in [0, 0.1) is 0 Å². The van der Waals surface area contributed by atoms with Gasteiger partial charge < -0.3 is 15.7 Å². The zero-order chi connectivity index (χ0) is 15.2. The van der Waals surface area contributed by atoms with E-state index in [-0.39, 0.29) is 12.2 Å². The van der Waals surface area contributed by atoms with Crippen molar-refractivity contribution in [2.24, 2.45) is 0 Å². The summed E-state index contributed by atoms with van der Waals surface area (Å²) in [5.41, 5.74) is -1.23. The van der Waals surface area contributed by atoms with E-state index in [9.17, 15) is 23.1 Å². The second-order valence-electron chi connectivity index (χ2n) is 4.32. The van der Waals surface area contributed by atoms with E-state index in [1.807, 2.05) is 6.92 Å². The predicted molar refractivity (Wildman–Crippen MR) is 69.4 cm³/mol. The lowest BCUT2D eigenvalue weighted by molar-refractivity contribution is -0.136. The molecule has 1 aromatic carbocycles. The molecule has 1 unspecified atom stereocenters. The normalized spacial score (nSPS) is 12.8. The summed E-state index contributed by atoms with van der Waals surface area (Å²) < 4.78 is 38.1. The van der Waals surface area contributed by atoms with Gasteiger partial charge >= 0.3 is 12.2 Å². The molecule has 1 aromatic rings. The Hall–Kier alpha value is -1.76. The van der Waals surface area contributed by atoms with E-state index >= 15 is 0 Å². The Morgan fingerprint density at radius 2 is 2.00 bits per heavy atom. The van der Waals surface area contributed by atoms with Crippen molar-refractivity contribution in [3.05, 3.63) is 29.8 Å². The van der Waals surface area contributed by atoms with Crippen LogP contribution in [0.3, 0.4) is 0 Å². The van der Waals surface area contributed by atoms with Crippen molar-refractivity contribution in [3.63, 3.8) is 0 Å². The van der Waals surface area contributed by atoms with Gasteiger partial charge in [-0.3, -0.25) is 0 Å². The second-order valence-corrected chi connectivity index (χ2v) is 4.32. The average Bonchev–Trinajstić information content (AvgIpc) is 2.36. The molecule has 1 rings (SSSR count). The van der Waals surface area contributed by atoms with Gasteiger partial charge in [0.25, 0.3) is 0 Å². The Morgan fingerprint density at radius 3 is 2.60 bits per heavy atom. The van der Waals surface area contributed by atoms with Gasteiger partial charge in [0.1, 0.15) is 0 Å². The van der Waals surface area contributed by atoms with E-state index in [2.05, 4.69) is 10.6 Å². The maximum absolute atomic E-state index is 12.7. The minimum absolute atomic E-state index is 0.00609. The number of benzene rings is 1. The lowest BCUT2D eigenvalue weighted by atomic mass is 10.1. The predicted octanol–water partition coefficient (Wildman–Crippen LogP) is 2.99. The average molecular weight is 290 g/mol. The van der Waals surface area contributed by atoms with E-state index in [0.717, 1.165) is 12.5 Å². The van der Waals surface area contributed by atoms with Gasteiger partial charge in [-0.25, -0.2) is 4.79 Å². The quantitative estimate of drug-likeness (QED) is 0.780. The maximum atomic E-state index is 12.7. The number of anilines is 1. The molecule has 0 aliphatic carbocycles. The molecule has 0 aromatic heterocycles. The molecule has 7 heteroatoms.